The molecule has 1 aliphatic rings. The summed E-state index contributed by atoms with van der Waals surface area (Å²) in [6.45, 7) is 1.14. The van der Waals surface area contributed by atoms with Gasteiger partial charge in [-0.05, 0) is 43.0 Å². The van der Waals surface area contributed by atoms with Gasteiger partial charge in [0.15, 0.2) is 0 Å². The Morgan fingerprint density at radius 3 is 2.47 bits per heavy atom. The molecule has 0 radical (unpaired) electrons. The van der Waals surface area contributed by atoms with E-state index in [1.54, 1.807) is 14.2 Å². The Morgan fingerprint density at radius 2 is 1.95 bits per heavy atom. The summed E-state index contributed by atoms with van der Waals surface area (Å²) in [6.07, 6.45) is 1.92. The van der Waals surface area contributed by atoms with Crippen molar-refractivity contribution in [1.82, 2.24) is 5.32 Å². The van der Waals surface area contributed by atoms with Crippen LogP contribution < -0.4 is 14.8 Å². The van der Waals surface area contributed by atoms with Crippen LogP contribution in [0.1, 0.15) is 24.4 Å². The first kappa shape index (κ1) is 14.4. The Balaban J connectivity index is 2.28. The van der Waals surface area contributed by atoms with E-state index in [0.29, 0.717) is 22.4 Å². The summed E-state index contributed by atoms with van der Waals surface area (Å²) < 4.78 is 10.6. The van der Waals surface area contributed by atoms with Crippen LogP contribution in [0.15, 0.2) is 12.1 Å². The lowest BCUT2D eigenvalue weighted by molar-refractivity contribution is 0.176. The lowest BCUT2D eigenvalue weighted by atomic mass is 9.89. The average molecular weight is 286 g/mol. The molecule has 1 aromatic carbocycles. The lowest BCUT2D eigenvalue weighted by Gasteiger charge is -2.30. The van der Waals surface area contributed by atoms with E-state index in [0.717, 1.165) is 24.9 Å². The van der Waals surface area contributed by atoms with E-state index in [1.165, 1.54) is 0 Å². The molecule has 106 valence electrons. The molecule has 2 unspecified atom stereocenters. The molecule has 1 aliphatic heterocycles. The third-order valence-electron chi connectivity index (χ3n) is 3.64. The average Bonchev–Trinajstić information content (AvgIpc) is 2.47. The van der Waals surface area contributed by atoms with Crippen molar-refractivity contribution in [3.05, 3.63) is 22.7 Å². The van der Waals surface area contributed by atoms with E-state index < -0.39 is 0 Å². The smallest absolute Gasteiger partial charge is 0.141 e. The van der Waals surface area contributed by atoms with Gasteiger partial charge in [0.25, 0.3) is 0 Å². The molecule has 0 saturated carbocycles. The Morgan fingerprint density at radius 1 is 1.32 bits per heavy atom. The molecule has 0 spiro atoms. The predicted octanol–water partition coefficient (Wildman–Crippen LogP) is 2.39. The Hall–Kier alpha value is -0.970. The summed E-state index contributed by atoms with van der Waals surface area (Å²) in [5.41, 5.74) is 1.08. The highest BCUT2D eigenvalue weighted by Gasteiger charge is 2.24. The van der Waals surface area contributed by atoms with Crippen LogP contribution in [-0.4, -0.2) is 32.5 Å². The minimum absolute atomic E-state index is 0.200. The van der Waals surface area contributed by atoms with Gasteiger partial charge in [0.1, 0.15) is 16.5 Å². The van der Waals surface area contributed by atoms with Crippen LogP contribution in [0.3, 0.4) is 0 Å². The largest absolute Gasteiger partial charge is 0.495 e. The molecule has 0 amide bonds. The molecular weight excluding hydrogens is 266 g/mol. The van der Waals surface area contributed by atoms with Crippen molar-refractivity contribution in [2.24, 2.45) is 5.92 Å². The first-order valence-corrected chi connectivity index (χ1v) is 6.83. The fourth-order valence-corrected chi connectivity index (χ4v) is 2.77. The van der Waals surface area contributed by atoms with Crippen molar-refractivity contribution >= 4 is 11.6 Å². The molecule has 4 nitrogen and oxygen atoms in total. The maximum atomic E-state index is 9.30. The minimum Gasteiger partial charge on any atom is -0.495 e. The third-order valence-corrected chi connectivity index (χ3v) is 4.01. The van der Waals surface area contributed by atoms with Crippen molar-refractivity contribution in [2.45, 2.75) is 18.9 Å². The van der Waals surface area contributed by atoms with Gasteiger partial charge in [0.05, 0.1) is 14.2 Å². The zero-order valence-corrected chi connectivity index (χ0v) is 12.0. The normalized spacial score (nSPS) is 23.2. The fraction of sp³-hybridized carbons (Fsp3) is 0.571. The Kier molecular flexibility index (Phi) is 4.91. The van der Waals surface area contributed by atoms with Crippen molar-refractivity contribution in [3.63, 3.8) is 0 Å². The first-order chi connectivity index (χ1) is 9.19. The molecule has 1 heterocycles. The van der Waals surface area contributed by atoms with E-state index in [-0.39, 0.29) is 12.6 Å². The Bertz CT molecular complexity index is 414. The fourth-order valence-electron chi connectivity index (χ4n) is 2.51. The number of ether oxygens (including phenoxy) is 2. The highest BCUT2D eigenvalue weighted by atomic mass is 35.5. The summed E-state index contributed by atoms with van der Waals surface area (Å²) in [6, 6.07) is 4.07. The number of halogens is 1. The molecule has 2 rings (SSSR count). The van der Waals surface area contributed by atoms with Gasteiger partial charge in [-0.15, -0.1) is 0 Å². The molecule has 0 bridgehead atoms. The van der Waals surface area contributed by atoms with Gasteiger partial charge in [-0.3, -0.25) is 0 Å². The summed E-state index contributed by atoms with van der Waals surface area (Å²) in [5, 5.41) is 13.2. The summed E-state index contributed by atoms with van der Waals surface area (Å²) in [5.74, 6) is 1.58. The zero-order chi connectivity index (χ0) is 13.8. The summed E-state index contributed by atoms with van der Waals surface area (Å²) in [7, 11) is 3.19. The number of aliphatic hydroxyl groups excluding tert-OH is 1. The van der Waals surface area contributed by atoms with Gasteiger partial charge in [-0.2, -0.15) is 0 Å². The number of nitrogens with one attached hydrogen (secondary N) is 1. The molecule has 1 fully saturated rings. The van der Waals surface area contributed by atoms with E-state index >= 15 is 0 Å². The third kappa shape index (κ3) is 3.14. The van der Waals surface area contributed by atoms with E-state index in [4.69, 9.17) is 21.1 Å². The second-order valence-electron chi connectivity index (χ2n) is 4.82. The lowest BCUT2D eigenvalue weighted by Crippen LogP contribution is -2.33. The van der Waals surface area contributed by atoms with Gasteiger partial charge in [-0.25, -0.2) is 0 Å². The molecule has 2 atom stereocenters. The molecule has 1 aromatic rings. The van der Waals surface area contributed by atoms with Crippen LogP contribution in [0, 0.1) is 5.92 Å². The number of piperidine rings is 1. The molecule has 5 heteroatoms. The van der Waals surface area contributed by atoms with Gasteiger partial charge in [0.2, 0.25) is 0 Å². The molecule has 2 N–H and O–H groups in total. The van der Waals surface area contributed by atoms with E-state index in [2.05, 4.69) is 5.32 Å². The number of aliphatic hydroxyl groups is 1. The quantitative estimate of drug-likeness (QED) is 0.892. The zero-order valence-electron chi connectivity index (χ0n) is 11.3. The van der Waals surface area contributed by atoms with E-state index in [1.807, 2.05) is 12.1 Å². The maximum absolute atomic E-state index is 9.30. The van der Waals surface area contributed by atoms with Gasteiger partial charge in [-0.1, -0.05) is 11.6 Å². The second-order valence-corrected chi connectivity index (χ2v) is 5.20. The molecule has 19 heavy (non-hydrogen) atoms. The SMILES string of the molecule is COc1cc(C2CC(CO)CCN2)cc(OC)c1Cl. The second kappa shape index (κ2) is 6.46. The van der Waals surface area contributed by atoms with Crippen molar-refractivity contribution in [3.8, 4) is 11.5 Å². The van der Waals surface area contributed by atoms with E-state index in [9.17, 15) is 5.11 Å². The monoisotopic (exact) mass is 285 g/mol. The van der Waals surface area contributed by atoms with Crippen molar-refractivity contribution < 1.29 is 14.6 Å². The van der Waals surface area contributed by atoms with Crippen LogP contribution in [0.5, 0.6) is 11.5 Å². The molecule has 0 aromatic heterocycles. The maximum Gasteiger partial charge on any atom is 0.141 e. The minimum atomic E-state index is 0.200. The van der Waals surface area contributed by atoms with Crippen LogP contribution in [0.2, 0.25) is 5.02 Å². The van der Waals surface area contributed by atoms with Gasteiger partial charge < -0.3 is 19.9 Å². The topological polar surface area (TPSA) is 50.7 Å². The van der Waals surface area contributed by atoms with Gasteiger partial charge in [0, 0.05) is 12.6 Å². The predicted molar refractivity (Wildman–Crippen MR) is 75.1 cm³/mol. The molecular formula is C14H20ClNO3. The summed E-state index contributed by atoms with van der Waals surface area (Å²) >= 11 is 6.17. The van der Waals surface area contributed by atoms with Crippen molar-refractivity contribution in [1.29, 1.82) is 0 Å². The summed E-state index contributed by atoms with van der Waals surface area (Å²) in [4.78, 5) is 0. The highest BCUT2D eigenvalue weighted by Crippen LogP contribution is 2.38. The standard InChI is InChI=1S/C14H20ClNO3/c1-18-12-6-10(7-13(19-2)14(12)15)11-5-9(8-17)3-4-16-11/h6-7,9,11,16-17H,3-5,8H2,1-2H3. The van der Waals surface area contributed by atoms with Gasteiger partial charge >= 0.3 is 0 Å². The van der Waals surface area contributed by atoms with Crippen LogP contribution in [-0.2, 0) is 0 Å². The van der Waals surface area contributed by atoms with Crippen LogP contribution >= 0.6 is 11.6 Å². The molecule has 0 aliphatic carbocycles. The number of hydrogen-bond acceptors (Lipinski definition) is 4. The van der Waals surface area contributed by atoms with Crippen molar-refractivity contribution in [2.75, 3.05) is 27.4 Å². The highest BCUT2D eigenvalue weighted by molar-refractivity contribution is 6.33. The first-order valence-electron chi connectivity index (χ1n) is 6.45. The van der Waals surface area contributed by atoms with Crippen LogP contribution in [0.4, 0.5) is 0 Å². The number of benzene rings is 1. The molecule has 1 saturated heterocycles. The number of rotatable bonds is 4. The number of methoxy groups -OCH3 is 2. The van der Waals surface area contributed by atoms with Crippen LogP contribution in [0.25, 0.3) is 0 Å². The Labute approximate surface area is 118 Å². The number of hydrogen-bond donors (Lipinski definition) is 2.